The van der Waals surface area contributed by atoms with Gasteiger partial charge in [0.05, 0.1) is 6.10 Å². The lowest BCUT2D eigenvalue weighted by atomic mass is 9.94. The fourth-order valence-electron chi connectivity index (χ4n) is 2.57. The number of carbonyl (C=O) groups is 1. The Balaban J connectivity index is 2.25. The molecule has 0 heterocycles. The first-order valence-corrected chi connectivity index (χ1v) is 8.13. The molecular weight excluding hydrogens is 252 g/mol. The molecule has 0 radical (unpaired) electrons. The van der Waals surface area contributed by atoms with Crippen LogP contribution in [0.15, 0.2) is 12.2 Å². The molecular formula is C17H30O3. The largest absolute Gasteiger partial charge is 0.456 e. The average molecular weight is 282 g/mol. The Labute approximate surface area is 123 Å². The van der Waals surface area contributed by atoms with Gasteiger partial charge in [0.2, 0.25) is 0 Å². The lowest BCUT2D eigenvalue weighted by Crippen LogP contribution is -2.36. The van der Waals surface area contributed by atoms with Crippen LogP contribution >= 0.6 is 0 Å². The van der Waals surface area contributed by atoms with Crippen molar-refractivity contribution in [2.24, 2.45) is 0 Å². The second-order valence-corrected chi connectivity index (χ2v) is 5.83. The van der Waals surface area contributed by atoms with Gasteiger partial charge in [0.1, 0.15) is 6.10 Å². The molecule has 2 atom stereocenters. The van der Waals surface area contributed by atoms with Crippen molar-refractivity contribution < 1.29 is 14.3 Å². The molecule has 1 saturated carbocycles. The molecule has 0 amide bonds. The Morgan fingerprint density at radius 2 is 1.75 bits per heavy atom. The Morgan fingerprint density at radius 3 is 2.40 bits per heavy atom. The molecule has 0 N–H and O–H groups in total. The summed E-state index contributed by atoms with van der Waals surface area (Å²) in [5.41, 5.74) is 0.467. The summed E-state index contributed by atoms with van der Waals surface area (Å²) >= 11 is 0. The van der Waals surface area contributed by atoms with E-state index in [1.807, 2.05) is 0 Å². The zero-order chi connectivity index (χ0) is 14.8. The monoisotopic (exact) mass is 282 g/mol. The number of carbonyl (C=O) groups excluding carboxylic acids is 1. The normalized spacial score (nSPS) is 22.5. The van der Waals surface area contributed by atoms with Crippen molar-refractivity contribution in [1.29, 1.82) is 0 Å². The molecule has 0 aromatic rings. The zero-order valence-corrected chi connectivity index (χ0v) is 13.2. The van der Waals surface area contributed by atoms with Gasteiger partial charge in [-0.2, -0.15) is 0 Å². The smallest absolute Gasteiger partial charge is 0.333 e. The SMILES string of the molecule is C=C(C)C(=O)OC1CCCCC1OCCCCCCC. The Kier molecular flexibility index (Phi) is 8.59. The van der Waals surface area contributed by atoms with E-state index in [4.69, 9.17) is 9.47 Å². The Morgan fingerprint density at radius 1 is 1.10 bits per heavy atom. The molecule has 1 aliphatic carbocycles. The van der Waals surface area contributed by atoms with E-state index in [0.29, 0.717) is 5.57 Å². The molecule has 2 unspecified atom stereocenters. The molecule has 3 heteroatoms. The van der Waals surface area contributed by atoms with Gasteiger partial charge in [0.15, 0.2) is 0 Å². The summed E-state index contributed by atoms with van der Waals surface area (Å²) in [5.74, 6) is -0.284. The molecule has 1 fully saturated rings. The summed E-state index contributed by atoms with van der Waals surface area (Å²) in [5, 5.41) is 0. The van der Waals surface area contributed by atoms with Gasteiger partial charge in [-0.25, -0.2) is 4.79 Å². The van der Waals surface area contributed by atoms with Crippen LogP contribution in [0.5, 0.6) is 0 Å². The van der Waals surface area contributed by atoms with Gasteiger partial charge >= 0.3 is 5.97 Å². The van der Waals surface area contributed by atoms with Crippen LogP contribution in [-0.4, -0.2) is 24.8 Å². The summed E-state index contributed by atoms with van der Waals surface area (Å²) < 4.78 is 11.4. The first kappa shape index (κ1) is 17.2. The van der Waals surface area contributed by atoms with E-state index in [-0.39, 0.29) is 18.2 Å². The molecule has 0 aliphatic heterocycles. The van der Waals surface area contributed by atoms with Crippen LogP contribution in [0.4, 0.5) is 0 Å². The maximum Gasteiger partial charge on any atom is 0.333 e. The van der Waals surface area contributed by atoms with Crippen LogP contribution in [-0.2, 0) is 14.3 Å². The maximum atomic E-state index is 11.6. The van der Waals surface area contributed by atoms with Crippen molar-refractivity contribution in [3.8, 4) is 0 Å². The van der Waals surface area contributed by atoms with Crippen molar-refractivity contribution in [3.05, 3.63) is 12.2 Å². The molecule has 116 valence electrons. The van der Waals surface area contributed by atoms with E-state index in [1.54, 1.807) is 6.92 Å². The van der Waals surface area contributed by atoms with Gasteiger partial charge in [0, 0.05) is 12.2 Å². The standard InChI is InChI=1S/C17H30O3/c1-4-5-6-7-10-13-19-15-11-8-9-12-16(15)20-17(18)14(2)3/h15-16H,2,4-13H2,1,3H3. The number of rotatable bonds is 9. The fraction of sp³-hybridized carbons (Fsp3) is 0.824. The average Bonchev–Trinajstić information content (AvgIpc) is 2.44. The summed E-state index contributed by atoms with van der Waals surface area (Å²) in [4.78, 5) is 11.6. The quantitative estimate of drug-likeness (QED) is 0.357. The third-order valence-electron chi connectivity index (χ3n) is 3.83. The minimum absolute atomic E-state index is 0.0800. The highest BCUT2D eigenvalue weighted by molar-refractivity contribution is 5.87. The molecule has 3 nitrogen and oxygen atoms in total. The Hall–Kier alpha value is -0.830. The maximum absolute atomic E-state index is 11.6. The molecule has 0 saturated heterocycles. The lowest BCUT2D eigenvalue weighted by Gasteiger charge is -2.31. The van der Waals surface area contributed by atoms with E-state index in [0.717, 1.165) is 32.3 Å². The van der Waals surface area contributed by atoms with Gasteiger partial charge in [-0.05, 0) is 32.6 Å². The van der Waals surface area contributed by atoms with E-state index in [2.05, 4.69) is 13.5 Å². The number of esters is 1. The third kappa shape index (κ3) is 6.56. The lowest BCUT2D eigenvalue weighted by molar-refractivity contribution is -0.156. The summed E-state index contributed by atoms with van der Waals surface area (Å²) in [6.45, 7) is 8.33. The fourth-order valence-corrected chi connectivity index (χ4v) is 2.57. The van der Waals surface area contributed by atoms with Gasteiger partial charge in [0.25, 0.3) is 0 Å². The van der Waals surface area contributed by atoms with Crippen molar-refractivity contribution in [2.75, 3.05) is 6.61 Å². The van der Waals surface area contributed by atoms with Gasteiger partial charge in [-0.1, -0.05) is 45.6 Å². The van der Waals surface area contributed by atoms with Crippen LogP contribution < -0.4 is 0 Å². The second kappa shape index (κ2) is 9.98. The second-order valence-electron chi connectivity index (χ2n) is 5.83. The van der Waals surface area contributed by atoms with Crippen molar-refractivity contribution in [3.63, 3.8) is 0 Å². The first-order valence-electron chi connectivity index (χ1n) is 8.13. The summed E-state index contributed by atoms with van der Waals surface area (Å²) in [7, 11) is 0. The van der Waals surface area contributed by atoms with E-state index < -0.39 is 0 Å². The molecule has 0 bridgehead atoms. The first-order chi connectivity index (χ1) is 9.65. The zero-order valence-electron chi connectivity index (χ0n) is 13.2. The van der Waals surface area contributed by atoms with Crippen LogP contribution in [0.1, 0.15) is 71.6 Å². The van der Waals surface area contributed by atoms with Crippen LogP contribution in [0.3, 0.4) is 0 Å². The molecule has 0 spiro atoms. The number of ether oxygens (including phenoxy) is 2. The minimum Gasteiger partial charge on any atom is -0.456 e. The van der Waals surface area contributed by atoms with Crippen molar-refractivity contribution >= 4 is 5.97 Å². The molecule has 1 aliphatic rings. The summed E-state index contributed by atoms with van der Waals surface area (Å²) in [6.07, 6.45) is 10.4. The number of hydrogen-bond donors (Lipinski definition) is 0. The number of hydrogen-bond acceptors (Lipinski definition) is 3. The van der Waals surface area contributed by atoms with Gasteiger partial charge in [-0.3, -0.25) is 0 Å². The van der Waals surface area contributed by atoms with Gasteiger partial charge in [-0.15, -0.1) is 0 Å². The van der Waals surface area contributed by atoms with Crippen LogP contribution in [0.25, 0.3) is 0 Å². The topological polar surface area (TPSA) is 35.5 Å². The van der Waals surface area contributed by atoms with Crippen LogP contribution in [0, 0.1) is 0 Å². The predicted octanol–water partition coefficient (Wildman–Crippen LogP) is 4.40. The summed E-state index contributed by atoms with van der Waals surface area (Å²) in [6, 6.07) is 0. The van der Waals surface area contributed by atoms with Gasteiger partial charge < -0.3 is 9.47 Å². The highest BCUT2D eigenvalue weighted by Gasteiger charge is 2.29. The highest BCUT2D eigenvalue weighted by Crippen LogP contribution is 2.25. The number of unbranched alkanes of at least 4 members (excludes halogenated alkanes) is 4. The minimum atomic E-state index is -0.284. The van der Waals surface area contributed by atoms with Crippen molar-refractivity contribution in [2.45, 2.75) is 83.8 Å². The molecule has 0 aromatic heterocycles. The molecule has 20 heavy (non-hydrogen) atoms. The van der Waals surface area contributed by atoms with Crippen LogP contribution in [0.2, 0.25) is 0 Å². The Bertz CT molecular complexity index is 299. The van der Waals surface area contributed by atoms with Crippen molar-refractivity contribution in [1.82, 2.24) is 0 Å². The molecule has 0 aromatic carbocycles. The predicted molar refractivity (Wildman–Crippen MR) is 81.7 cm³/mol. The van der Waals surface area contributed by atoms with E-state index >= 15 is 0 Å². The third-order valence-corrected chi connectivity index (χ3v) is 3.83. The molecule has 1 rings (SSSR count). The van der Waals surface area contributed by atoms with E-state index in [1.165, 1.54) is 32.1 Å². The van der Waals surface area contributed by atoms with E-state index in [9.17, 15) is 4.79 Å². The highest BCUT2D eigenvalue weighted by atomic mass is 16.6.